The molecule has 11 aromatic rings. The zero-order valence-corrected chi connectivity index (χ0v) is 34.5. The van der Waals surface area contributed by atoms with Gasteiger partial charge in [0.2, 0.25) is 0 Å². The Bertz CT molecular complexity index is 3530. The van der Waals surface area contributed by atoms with Crippen molar-refractivity contribution in [3.05, 3.63) is 265 Å². The summed E-state index contributed by atoms with van der Waals surface area (Å²) in [5.74, 6) is 0. The van der Waals surface area contributed by atoms with Gasteiger partial charge in [-0.25, -0.2) is 0 Å². The molecule has 294 valence electrons. The number of fused-ring (bicyclic) bond motifs is 12. The van der Waals surface area contributed by atoms with Gasteiger partial charge in [0.05, 0.1) is 33.5 Å². The lowest BCUT2D eigenvalue weighted by molar-refractivity contribution is 0.748. The van der Waals surface area contributed by atoms with Crippen molar-refractivity contribution in [2.24, 2.45) is 0 Å². The van der Waals surface area contributed by atoms with E-state index in [2.05, 4.69) is 252 Å². The van der Waals surface area contributed by atoms with Crippen LogP contribution in [0.1, 0.15) is 22.3 Å². The molecule has 2 aliphatic rings. The van der Waals surface area contributed by atoms with Crippen LogP contribution in [0, 0.1) is 0 Å². The summed E-state index contributed by atoms with van der Waals surface area (Å²) in [6.07, 6.45) is 0. The Labute approximate surface area is 367 Å². The molecule has 0 saturated carbocycles. The third-order valence-electron chi connectivity index (χ3n) is 13.6. The monoisotopic (exact) mass is 800 g/mol. The molecular weight excluding hydrogens is 761 g/mol. The summed E-state index contributed by atoms with van der Waals surface area (Å²) >= 11 is 0. The highest BCUT2D eigenvalue weighted by atomic mass is 15.1. The predicted octanol–water partition coefficient (Wildman–Crippen LogP) is 15.9. The van der Waals surface area contributed by atoms with E-state index in [1.807, 2.05) is 0 Å². The van der Waals surface area contributed by atoms with Gasteiger partial charge in [-0.2, -0.15) is 0 Å². The Balaban J connectivity index is 1.14. The van der Waals surface area contributed by atoms with E-state index in [1.54, 1.807) is 0 Å². The van der Waals surface area contributed by atoms with E-state index in [0.717, 1.165) is 28.2 Å². The summed E-state index contributed by atoms with van der Waals surface area (Å²) in [6.45, 7) is 0. The van der Waals surface area contributed by atoms with Crippen molar-refractivity contribution in [3.8, 4) is 50.2 Å². The molecule has 0 fully saturated rings. The lowest BCUT2D eigenvalue weighted by Gasteiger charge is -2.40. The molecule has 10 aromatic carbocycles. The van der Waals surface area contributed by atoms with Crippen LogP contribution in [0.5, 0.6) is 0 Å². The van der Waals surface area contributed by atoms with Gasteiger partial charge in [-0.3, -0.25) is 0 Å². The number of nitrogens with zero attached hydrogens (tertiary/aromatic N) is 2. The van der Waals surface area contributed by atoms with Crippen molar-refractivity contribution in [2.45, 2.75) is 5.41 Å². The maximum atomic E-state index is 2.54. The second-order valence-corrected chi connectivity index (χ2v) is 16.8. The molecule has 0 N–H and O–H groups in total. The number of hydrogen-bond donors (Lipinski definition) is 0. The lowest BCUT2D eigenvalue weighted by atomic mass is 9.65. The van der Waals surface area contributed by atoms with Gasteiger partial charge < -0.3 is 9.47 Å². The van der Waals surface area contributed by atoms with Crippen LogP contribution in [0.2, 0.25) is 0 Å². The van der Waals surface area contributed by atoms with Crippen LogP contribution in [0.15, 0.2) is 243 Å². The summed E-state index contributed by atoms with van der Waals surface area (Å²) in [4.78, 5) is 2.51. The molecule has 0 bridgehead atoms. The molecule has 0 atom stereocenters. The molecule has 0 radical (unpaired) electrons. The average molecular weight is 801 g/mol. The van der Waals surface area contributed by atoms with Gasteiger partial charge in [-0.1, -0.05) is 200 Å². The van der Waals surface area contributed by atoms with E-state index >= 15 is 0 Å². The van der Waals surface area contributed by atoms with E-state index in [0.29, 0.717) is 0 Å². The molecule has 1 aromatic heterocycles. The highest BCUT2D eigenvalue weighted by Crippen LogP contribution is 2.62. The van der Waals surface area contributed by atoms with Crippen molar-refractivity contribution < 1.29 is 0 Å². The van der Waals surface area contributed by atoms with E-state index in [4.69, 9.17) is 0 Å². The quantitative estimate of drug-likeness (QED) is 0.163. The van der Waals surface area contributed by atoms with Crippen molar-refractivity contribution in [1.29, 1.82) is 0 Å². The number of hydrogen-bond acceptors (Lipinski definition) is 1. The topological polar surface area (TPSA) is 8.17 Å². The van der Waals surface area contributed by atoms with E-state index in [1.165, 1.54) is 83.1 Å². The minimum atomic E-state index is -0.573. The molecule has 1 spiro atoms. The zero-order chi connectivity index (χ0) is 41.5. The number of aromatic nitrogens is 1. The van der Waals surface area contributed by atoms with Gasteiger partial charge in [-0.05, 0) is 98.1 Å². The molecule has 63 heavy (non-hydrogen) atoms. The highest BCUT2D eigenvalue weighted by Gasteiger charge is 2.51. The molecule has 2 heteroatoms. The third kappa shape index (κ3) is 5.13. The first kappa shape index (κ1) is 35.5. The number of rotatable bonds is 6. The minimum Gasteiger partial charge on any atom is -0.309 e. The van der Waals surface area contributed by atoms with Gasteiger partial charge in [0.1, 0.15) is 0 Å². The van der Waals surface area contributed by atoms with Crippen LogP contribution >= 0.6 is 0 Å². The smallest absolute Gasteiger partial charge is 0.0755 e. The molecule has 1 aliphatic heterocycles. The van der Waals surface area contributed by atoms with Crippen LogP contribution in [0.25, 0.3) is 72.0 Å². The molecule has 2 heterocycles. The normalized spacial score (nSPS) is 12.9. The van der Waals surface area contributed by atoms with Crippen molar-refractivity contribution in [2.75, 3.05) is 4.90 Å². The number of anilines is 3. The van der Waals surface area contributed by atoms with E-state index in [9.17, 15) is 0 Å². The van der Waals surface area contributed by atoms with Crippen molar-refractivity contribution >= 4 is 38.9 Å². The Hall–Kier alpha value is -8.20. The van der Waals surface area contributed by atoms with Crippen LogP contribution in [0.4, 0.5) is 17.1 Å². The van der Waals surface area contributed by atoms with Crippen LogP contribution in [-0.2, 0) is 5.41 Å². The standard InChI is InChI=1S/C61H40N2/c1-3-19-41(20-4-1)43-23-17-24-44(39-43)47-26-10-15-35-57(47)62(56-34-14-9-25-46(56)42-21-5-2-6-22-42)45-37-38-59-55(40-45)61(52-31-12-7-27-48(52)49-28-8-13-32-53(49)61)54-33-18-30-51-50-29-11-16-36-58(50)63(59)60(51)54/h1-40H. The second kappa shape index (κ2) is 13.9. The highest BCUT2D eigenvalue weighted by molar-refractivity contribution is 6.13. The van der Waals surface area contributed by atoms with Gasteiger partial charge in [0, 0.05) is 27.6 Å². The first-order valence-electron chi connectivity index (χ1n) is 21.9. The van der Waals surface area contributed by atoms with Gasteiger partial charge >= 0.3 is 0 Å². The number of para-hydroxylation sites is 4. The fourth-order valence-corrected chi connectivity index (χ4v) is 11.0. The first-order chi connectivity index (χ1) is 31.3. The Morgan fingerprint density at radius 2 is 0.825 bits per heavy atom. The van der Waals surface area contributed by atoms with Crippen LogP contribution < -0.4 is 4.90 Å². The zero-order valence-electron chi connectivity index (χ0n) is 34.5. The maximum Gasteiger partial charge on any atom is 0.0755 e. The minimum absolute atomic E-state index is 0.573. The number of benzene rings is 10. The summed E-state index contributed by atoms with van der Waals surface area (Å²) in [5, 5.41) is 2.55. The molecule has 13 rings (SSSR count). The largest absolute Gasteiger partial charge is 0.309 e. The van der Waals surface area contributed by atoms with E-state index in [-0.39, 0.29) is 0 Å². The fraction of sp³-hybridized carbons (Fsp3) is 0.0164. The average Bonchev–Trinajstić information content (AvgIpc) is 3.86. The Morgan fingerprint density at radius 3 is 1.54 bits per heavy atom. The van der Waals surface area contributed by atoms with Gasteiger partial charge in [0.15, 0.2) is 0 Å². The van der Waals surface area contributed by atoms with Crippen LogP contribution in [-0.4, -0.2) is 4.57 Å². The first-order valence-corrected chi connectivity index (χ1v) is 21.9. The fourth-order valence-electron chi connectivity index (χ4n) is 11.0. The molecule has 0 saturated heterocycles. The van der Waals surface area contributed by atoms with Gasteiger partial charge in [-0.15, -0.1) is 0 Å². The molecule has 0 unspecified atom stereocenters. The summed E-state index contributed by atoms with van der Waals surface area (Å²) < 4.78 is 2.54. The van der Waals surface area contributed by atoms with Gasteiger partial charge in [0.25, 0.3) is 0 Å². The molecule has 1 aliphatic carbocycles. The lowest BCUT2D eigenvalue weighted by Crippen LogP contribution is -2.33. The Kier molecular flexibility index (Phi) is 7.85. The second-order valence-electron chi connectivity index (χ2n) is 16.8. The molecular formula is C61H40N2. The predicted molar refractivity (Wildman–Crippen MR) is 263 cm³/mol. The SMILES string of the molecule is c1ccc(-c2cccc(-c3ccccc3N(c3ccc4c(c3)C3(c5ccccc5-c5ccccc53)c3cccc5c6ccccc6n-4c35)c3ccccc3-c3ccccc3)c2)cc1. The van der Waals surface area contributed by atoms with E-state index < -0.39 is 5.41 Å². The van der Waals surface area contributed by atoms with Crippen molar-refractivity contribution in [1.82, 2.24) is 4.57 Å². The van der Waals surface area contributed by atoms with Crippen LogP contribution in [0.3, 0.4) is 0 Å². The molecule has 0 amide bonds. The van der Waals surface area contributed by atoms with Crippen molar-refractivity contribution in [3.63, 3.8) is 0 Å². The molecule has 2 nitrogen and oxygen atoms in total. The summed E-state index contributed by atoms with van der Waals surface area (Å²) in [6, 6.07) is 89.7. The summed E-state index contributed by atoms with van der Waals surface area (Å²) in [5.41, 5.74) is 21.3. The Morgan fingerprint density at radius 1 is 0.317 bits per heavy atom. The maximum absolute atomic E-state index is 2.54. The summed E-state index contributed by atoms with van der Waals surface area (Å²) in [7, 11) is 0. The third-order valence-corrected chi connectivity index (χ3v) is 13.6.